The molecule has 0 amide bonds. The van der Waals surface area contributed by atoms with Crippen molar-refractivity contribution in [3.05, 3.63) is 0 Å². The Bertz CT molecular complexity index is 127. The van der Waals surface area contributed by atoms with Gasteiger partial charge in [0.15, 0.2) is 0 Å². The molecule has 0 aliphatic heterocycles. The van der Waals surface area contributed by atoms with Crippen molar-refractivity contribution >= 4 is 10.0 Å². The lowest BCUT2D eigenvalue weighted by molar-refractivity contribution is 0.590. The van der Waals surface area contributed by atoms with Crippen LogP contribution in [0.2, 0.25) is 0 Å². The zero-order chi connectivity index (χ0) is 5.91. The molecule has 0 saturated carbocycles. The van der Waals surface area contributed by atoms with Crippen LogP contribution in [0.4, 0.5) is 0 Å². The topological polar surface area (TPSA) is 46.2 Å². The van der Waals surface area contributed by atoms with Gasteiger partial charge >= 0.3 is 0 Å². The van der Waals surface area contributed by atoms with Crippen molar-refractivity contribution in [3.8, 4) is 0 Å². The van der Waals surface area contributed by atoms with Gasteiger partial charge < -0.3 is 0 Å². The minimum Gasteiger partial charge on any atom is -0.216 e. The van der Waals surface area contributed by atoms with Gasteiger partial charge in [-0.3, -0.25) is 0 Å². The number of hydrogen-bond acceptors (Lipinski definition) is 2. The standard InChI is InChI=1S/C3H9NO2S.CH4/c1-3-4-7(2,5)6;/h4H,3H2,1-2H3;1H4. The minimum atomic E-state index is -2.92. The Hall–Kier alpha value is -0.0900. The summed E-state index contributed by atoms with van der Waals surface area (Å²) in [4.78, 5) is 0. The van der Waals surface area contributed by atoms with E-state index in [2.05, 4.69) is 4.72 Å². The van der Waals surface area contributed by atoms with Crippen molar-refractivity contribution < 1.29 is 8.42 Å². The third kappa shape index (κ3) is 9.32. The lowest BCUT2D eigenvalue weighted by Gasteiger charge is -1.91. The van der Waals surface area contributed by atoms with Crippen LogP contribution >= 0.6 is 0 Å². The van der Waals surface area contributed by atoms with Crippen molar-refractivity contribution in [1.29, 1.82) is 0 Å². The molecule has 0 aliphatic carbocycles. The van der Waals surface area contributed by atoms with E-state index >= 15 is 0 Å². The number of nitrogens with one attached hydrogen (secondary N) is 1. The monoisotopic (exact) mass is 139 g/mol. The predicted octanol–water partition coefficient (Wildman–Crippen LogP) is 0.192. The molecule has 52 valence electrons. The molecule has 0 spiro atoms. The average Bonchev–Trinajstić information content (AvgIpc) is 1.30. The number of sulfonamides is 1. The first-order chi connectivity index (χ1) is 3.06. The fourth-order valence-electron chi connectivity index (χ4n) is 0.262. The summed E-state index contributed by atoms with van der Waals surface area (Å²) in [6.07, 6.45) is 1.14. The van der Waals surface area contributed by atoms with Crippen molar-refractivity contribution in [2.45, 2.75) is 14.4 Å². The van der Waals surface area contributed by atoms with Crippen molar-refractivity contribution in [1.82, 2.24) is 4.72 Å². The van der Waals surface area contributed by atoms with Gasteiger partial charge in [0.2, 0.25) is 10.0 Å². The quantitative estimate of drug-likeness (QED) is 0.593. The Morgan fingerprint density at radius 2 is 1.88 bits per heavy atom. The van der Waals surface area contributed by atoms with E-state index in [1.54, 1.807) is 6.92 Å². The van der Waals surface area contributed by atoms with Gasteiger partial charge in [0.05, 0.1) is 6.26 Å². The molecule has 3 nitrogen and oxygen atoms in total. The van der Waals surface area contributed by atoms with Crippen LogP contribution in [0.25, 0.3) is 0 Å². The van der Waals surface area contributed by atoms with Crippen LogP contribution in [0.3, 0.4) is 0 Å². The molecule has 0 bridgehead atoms. The largest absolute Gasteiger partial charge is 0.216 e. The minimum absolute atomic E-state index is 0. The van der Waals surface area contributed by atoms with Crippen molar-refractivity contribution in [2.24, 2.45) is 0 Å². The molecule has 0 rings (SSSR count). The molecule has 1 N–H and O–H groups in total. The highest BCUT2D eigenvalue weighted by Gasteiger charge is 1.92. The molecule has 0 heterocycles. The van der Waals surface area contributed by atoms with Crippen LogP contribution < -0.4 is 4.72 Å². The van der Waals surface area contributed by atoms with Gasteiger partial charge in [-0.2, -0.15) is 0 Å². The van der Waals surface area contributed by atoms with E-state index in [1.807, 2.05) is 0 Å². The lowest BCUT2D eigenvalue weighted by Crippen LogP contribution is -2.20. The van der Waals surface area contributed by atoms with Crippen molar-refractivity contribution in [2.75, 3.05) is 12.8 Å². The molecule has 0 unspecified atom stereocenters. The van der Waals surface area contributed by atoms with Gasteiger partial charge in [0, 0.05) is 6.54 Å². The zero-order valence-corrected chi connectivity index (χ0v) is 5.25. The maximum Gasteiger partial charge on any atom is 0.208 e. The Labute approximate surface area is 51.2 Å². The normalized spacial score (nSPS) is 10.2. The second-order valence-corrected chi connectivity index (χ2v) is 3.10. The van der Waals surface area contributed by atoms with Crippen LogP contribution in [0, 0.1) is 0 Å². The third-order valence-corrected chi connectivity index (χ3v) is 1.22. The Morgan fingerprint density at radius 3 is 1.88 bits per heavy atom. The molecular weight excluding hydrogens is 126 g/mol. The van der Waals surface area contributed by atoms with E-state index in [-0.39, 0.29) is 7.43 Å². The van der Waals surface area contributed by atoms with Crippen LogP contribution in [-0.4, -0.2) is 21.2 Å². The molecule has 0 aromatic heterocycles. The van der Waals surface area contributed by atoms with Crippen LogP contribution in [0.5, 0.6) is 0 Å². The molecule has 0 aromatic carbocycles. The molecule has 0 aliphatic rings. The highest BCUT2D eigenvalue weighted by atomic mass is 32.2. The fourth-order valence-corrected chi connectivity index (χ4v) is 0.787. The average molecular weight is 139 g/mol. The smallest absolute Gasteiger partial charge is 0.208 e. The van der Waals surface area contributed by atoms with E-state index in [0.29, 0.717) is 6.54 Å². The third-order valence-electron chi connectivity index (χ3n) is 0.407. The number of rotatable bonds is 2. The van der Waals surface area contributed by atoms with Crippen LogP contribution in [0.1, 0.15) is 14.4 Å². The molecule has 0 aromatic rings. The number of hydrogen-bond donors (Lipinski definition) is 1. The van der Waals surface area contributed by atoms with Gasteiger partial charge in [-0.05, 0) is 0 Å². The van der Waals surface area contributed by atoms with E-state index in [4.69, 9.17) is 0 Å². The van der Waals surface area contributed by atoms with Gasteiger partial charge in [0.25, 0.3) is 0 Å². The first kappa shape index (κ1) is 10.8. The van der Waals surface area contributed by atoms with E-state index in [9.17, 15) is 8.42 Å². The van der Waals surface area contributed by atoms with Gasteiger partial charge in [-0.1, -0.05) is 14.4 Å². The Balaban J connectivity index is 0. The predicted molar refractivity (Wildman–Crippen MR) is 35.3 cm³/mol. The zero-order valence-electron chi connectivity index (χ0n) is 4.43. The van der Waals surface area contributed by atoms with Crippen LogP contribution in [0.15, 0.2) is 0 Å². The van der Waals surface area contributed by atoms with Crippen molar-refractivity contribution in [3.63, 3.8) is 0 Å². The first-order valence-corrected chi connectivity index (χ1v) is 3.90. The Morgan fingerprint density at radius 1 is 1.50 bits per heavy atom. The lowest BCUT2D eigenvalue weighted by atomic mass is 10.8. The second-order valence-electron chi connectivity index (χ2n) is 1.27. The molecule has 0 radical (unpaired) electrons. The highest BCUT2D eigenvalue weighted by molar-refractivity contribution is 7.88. The van der Waals surface area contributed by atoms with E-state index in [1.165, 1.54) is 0 Å². The van der Waals surface area contributed by atoms with E-state index < -0.39 is 10.0 Å². The first-order valence-electron chi connectivity index (χ1n) is 2.01. The second kappa shape index (κ2) is 3.86. The Kier molecular flexibility index (Phi) is 5.21. The van der Waals surface area contributed by atoms with Crippen LogP contribution in [-0.2, 0) is 10.0 Å². The maximum atomic E-state index is 10.1. The fraction of sp³-hybridized carbons (Fsp3) is 1.00. The summed E-state index contributed by atoms with van der Waals surface area (Å²) in [6.45, 7) is 2.21. The summed E-state index contributed by atoms with van der Waals surface area (Å²) < 4.78 is 22.5. The summed E-state index contributed by atoms with van der Waals surface area (Å²) in [5.74, 6) is 0. The molecular formula is C4H13NO2S. The SMILES string of the molecule is C.CCNS(C)(=O)=O. The van der Waals surface area contributed by atoms with E-state index in [0.717, 1.165) is 6.26 Å². The molecule has 0 atom stereocenters. The van der Waals surface area contributed by atoms with Gasteiger partial charge in [-0.25, -0.2) is 13.1 Å². The maximum absolute atomic E-state index is 10.1. The molecule has 4 heteroatoms. The van der Waals surface area contributed by atoms with Gasteiger partial charge in [0.1, 0.15) is 0 Å². The summed E-state index contributed by atoms with van der Waals surface area (Å²) >= 11 is 0. The van der Waals surface area contributed by atoms with Gasteiger partial charge in [-0.15, -0.1) is 0 Å². The summed E-state index contributed by atoms with van der Waals surface area (Å²) in [7, 11) is -2.92. The highest BCUT2D eigenvalue weighted by Crippen LogP contribution is 1.67. The molecule has 0 saturated heterocycles. The molecule has 0 fully saturated rings. The summed E-state index contributed by atoms with van der Waals surface area (Å²) in [5, 5.41) is 0. The molecule has 8 heavy (non-hydrogen) atoms. The summed E-state index contributed by atoms with van der Waals surface area (Å²) in [6, 6.07) is 0. The summed E-state index contributed by atoms with van der Waals surface area (Å²) in [5.41, 5.74) is 0.